The predicted molar refractivity (Wildman–Crippen MR) is 120 cm³/mol. The number of halogens is 9. The summed E-state index contributed by atoms with van der Waals surface area (Å²) in [5, 5.41) is 0. The van der Waals surface area contributed by atoms with Crippen LogP contribution in [0.2, 0.25) is 0 Å². The van der Waals surface area contributed by atoms with E-state index in [9.17, 15) is 39.5 Å². The van der Waals surface area contributed by atoms with E-state index in [0.29, 0.717) is 19.4 Å². The standard InChI is InChI=1S/C25H41F9O2/c26-22(27,23(28,29)24(30,31)25(32,33)34)17-13-11-9-7-5-3-1-2-4-6-8-10-12-14-18-35-20-21-16-15-19-36-21/h21H,1-20H2. The molecule has 36 heavy (non-hydrogen) atoms. The van der Waals surface area contributed by atoms with Crippen LogP contribution in [-0.4, -0.2) is 49.9 Å². The third kappa shape index (κ3) is 11.4. The first-order valence-electron chi connectivity index (χ1n) is 13.2. The summed E-state index contributed by atoms with van der Waals surface area (Å²) in [6.07, 6.45) is 5.48. The van der Waals surface area contributed by atoms with E-state index in [1.807, 2.05) is 0 Å². The molecule has 11 heteroatoms. The zero-order valence-electron chi connectivity index (χ0n) is 20.9. The minimum atomic E-state index is -6.79. The molecular weight excluding hydrogens is 503 g/mol. The van der Waals surface area contributed by atoms with Crippen LogP contribution in [0.5, 0.6) is 0 Å². The van der Waals surface area contributed by atoms with Crippen molar-refractivity contribution < 1.29 is 49.0 Å². The molecule has 1 atom stereocenters. The van der Waals surface area contributed by atoms with E-state index in [2.05, 4.69) is 0 Å². The average molecular weight is 545 g/mol. The molecular formula is C25H41F9O2. The second kappa shape index (κ2) is 16.3. The third-order valence-corrected chi connectivity index (χ3v) is 6.57. The Kier molecular flexibility index (Phi) is 15.1. The second-order valence-corrected chi connectivity index (χ2v) is 9.76. The normalized spacial score (nSPS) is 17.8. The molecule has 0 spiro atoms. The van der Waals surface area contributed by atoms with Gasteiger partial charge in [0.05, 0.1) is 12.7 Å². The lowest BCUT2D eigenvalue weighted by Gasteiger charge is -2.33. The number of hydrogen-bond acceptors (Lipinski definition) is 2. The lowest BCUT2D eigenvalue weighted by atomic mass is 9.97. The zero-order chi connectivity index (χ0) is 27.1. The Bertz CT molecular complexity index is 562. The van der Waals surface area contributed by atoms with Crippen LogP contribution in [0.1, 0.15) is 109 Å². The molecule has 0 bridgehead atoms. The van der Waals surface area contributed by atoms with Crippen molar-refractivity contribution in [1.29, 1.82) is 0 Å². The van der Waals surface area contributed by atoms with Gasteiger partial charge in [-0.1, -0.05) is 77.0 Å². The molecule has 0 aromatic heterocycles. The van der Waals surface area contributed by atoms with Gasteiger partial charge in [0.2, 0.25) is 0 Å². The van der Waals surface area contributed by atoms with Crippen molar-refractivity contribution in [1.82, 2.24) is 0 Å². The van der Waals surface area contributed by atoms with Gasteiger partial charge in [-0.2, -0.15) is 39.5 Å². The van der Waals surface area contributed by atoms with E-state index in [1.165, 1.54) is 19.3 Å². The largest absolute Gasteiger partial charge is 0.460 e. The van der Waals surface area contributed by atoms with Gasteiger partial charge in [-0.3, -0.25) is 0 Å². The van der Waals surface area contributed by atoms with Gasteiger partial charge < -0.3 is 9.47 Å². The Morgan fingerprint density at radius 2 is 1.03 bits per heavy atom. The molecule has 1 saturated heterocycles. The van der Waals surface area contributed by atoms with Crippen molar-refractivity contribution >= 4 is 0 Å². The van der Waals surface area contributed by atoms with E-state index in [-0.39, 0.29) is 12.5 Å². The molecule has 1 heterocycles. The van der Waals surface area contributed by atoms with Gasteiger partial charge in [-0.25, -0.2) is 0 Å². The monoisotopic (exact) mass is 544 g/mol. The number of hydrogen-bond donors (Lipinski definition) is 0. The van der Waals surface area contributed by atoms with E-state index < -0.39 is 36.8 Å². The molecule has 1 rings (SSSR count). The molecule has 2 nitrogen and oxygen atoms in total. The highest BCUT2D eigenvalue weighted by Gasteiger charge is 2.81. The summed E-state index contributed by atoms with van der Waals surface area (Å²) in [5.74, 6) is -18.7. The second-order valence-electron chi connectivity index (χ2n) is 9.76. The molecule has 216 valence electrons. The number of ether oxygens (including phenoxy) is 2. The topological polar surface area (TPSA) is 18.5 Å². The Hall–Kier alpha value is -0.710. The molecule has 1 aliphatic rings. The van der Waals surface area contributed by atoms with E-state index >= 15 is 0 Å². The molecule has 1 fully saturated rings. The molecule has 0 N–H and O–H groups in total. The van der Waals surface area contributed by atoms with E-state index in [4.69, 9.17) is 9.47 Å². The molecule has 0 amide bonds. The van der Waals surface area contributed by atoms with Crippen LogP contribution in [0.15, 0.2) is 0 Å². The van der Waals surface area contributed by atoms with Crippen molar-refractivity contribution in [3.63, 3.8) is 0 Å². The third-order valence-electron chi connectivity index (χ3n) is 6.57. The maximum atomic E-state index is 13.4. The minimum absolute atomic E-state index is 0.0721. The van der Waals surface area contributed by atoms with Crippen LogP contribution in [0.25, 0.3) is 0 Å². The quantitative estimate of drug-likeness (QED) is 0.106. The summed E-state index contributed by atoms with van der Waals surface area (Å²) in [6.45, 7) is 2.32. The van der Waals surface area contributed by atoms with Gasteiger partial charge in [0.25, 0.3) is 0 Å². The minimum Gasteiger partial charge on any atom is -0.379 e. The number of rotatable bonds is 21. The summed E-state index contributed by atoms with van der Waals surface area (Å²) < 4.78 is 126. The summed E-state index contributed by atoms with van der Waals surface area (Å²) in [4.78, 5) is 0. The predicted octanol–water partition coefficient (Wildman–Crippen LogP) is 9.50. The highest BCUT2D eigenvalue weighted by atomic mass is 19.4. The van der Waals surface area contributed by atoms with Gasteiger partial charge >= 0.3 is 23.9 Å². The fraction of sp³-hybridized carbons (Fsp3) is 1.00. The van der Waals surface area contributed by atoms with Crippen molar-refractivity contribution in [2.75, 3.05) is 19.8 Å². The van der Waals surface area contributed by atoms with E-state index in [1.54, 1.807) is 0 Å². The van der Waals surface area contributed by atoms with Gasteiger partial charge in [-0.15, -0.1) is 0 Å². The van der Waals surface area contributed by atoms with Crippen molar-refractivity contribution in [2.45, 2.75) is 139 Å². The Morgan fingerprint density at radius 3 is 1.44 bits per heavy atom. The number of alkyl halides is 9. The zero-order valence-corrected chi connectivity index (χ0v) is 20.9. The van der Waals surface area contributed by atoms with Gasteiger partial charge in [0.15, 0.2) is 0 Å². The first-order chi connectivity index (χ1) is 16.8. The molecule has 0 aliphatic carbocycles. The van der Waals surface area contributed by atoms with Crippen LogP contribution in [-0.2, 0) is 9.47 Å². The maximum Gasteiger partial charge on any atom is 0.460 e. The lowest BCUT2D eigenvalue weighted by molar-refractivity contribution is -0.396. The molecule has 0 saturated carbocycles. The first kappa shape index (κ1) is 33.3. The highest BCUT2D eigenvalue weighted by molar-refractivity contribution is 5.00. The summed E-state index contributed by atoms with van der Waals surface area (Å²) in [5.41, 5.74) is 0. The molecule has 1 aliphatic heterocycles. The smallest absolute Gasteiger partial charge is 0.379 e. The fourth-order valence-corrected chi connectivity index (χ4v) is 4.23. The maximum absolute atomic E-state index is 13.4. The van der Waals surface area contributed by atoms with Crippen LogP contribution in [0.4, 0.5) is 39.5 Å². The summed E-state index contributed by atoms with van der Waals surface area (Å²) in [6, 6.07) is 0. The first-order valence-corrected chi connectivity index (χ1v) is 13.2. The van der Waals surface area contributed by atoms with Crippen molar-refractivity contribution in [3.05, 3.63) is 0 Å². The van der Waals surface area contributed by atoms with Crippen LogP contribution >= 0.6 is 0 Å². The van der Waals surface area contributed by atoms with Crippen LogP contribution in [0, 0.1) is 0 Å². The van der Waals surface area contributed by atoms with Crippen LogP contribution in [0.3, 0.4) is 0 Å². The van der Waals surface area contributed by atoms with Gasteiger partial charge in [-0.05, 0) is 25.7 Å². The van der Waals surface area contributed by atoms with E-state index in [0.717, 1.165) is 71.0 Å². The van der Waals surface area contributed by atoms with Crippen LogP contribution < -0.4 is 0 Å². The molecule has 0 radical (unpaired) electrons. The summed E-state index contributed by atoms with van der Waals surface area (Å²) in [7, 11) is 0. The van der Waals surface area contributed by atoms with Crippen molar-refractivity contribution in [3.8, 4) is 0 Å². The van der Waals surface area contributed by atoms with Gasteiger partial charge in [0, 0.05) is 19.6 Å². The Morgan fingerprint density at radius 1 is 0.583 bits per heavy atom. The SMILES string of the molecule is FC(F)(F)C(F)(F)C(F)(F)C(F)(F)CCCCCCCCCCCCCCCCOCC1CCCO1. The molecule has 0 aromatic carbocycles. The molecule has 0 aromatic rings. The highest BCUT2D eigenvalue weighted by Crippen LogP contribution is 2.54. The summed E-state index contributed by atoms with van der Waals surface area (Å²) >= 11 is 0. The average Bonchev–Trinajstić information content (AvgIpc) is 3.30. The molecule has 1 unspecified atom stereocenters. The van der Waals surface area contributed by atoms with Crippen molar-refractivity contribution in [2.24, 2.45) is 0 Å². The fourth-order valence-electron chi connectivity index (χ4n) is 4.23. The lowest BCUT2D eigenvalue weighted by Crippen LogP contribution is -2.60. The Labute approximate surface area is 208 Å². The number of unbranched alkanes of at least 4 members (excludes halogenated alkanes) is 13. The van der Waals surface area contributed by atoms with Gasteiger partial charge in [0.1, 0.15) is 0 Å². The Balaban J connectivity index is 1.91.